The van der Waals surface area contributed by atoms with Crippen LogP contribution in [0.1, 0.15) is 42.6 Å². The normalized spacial score (nSPS) is 13.9. The Morgan fingerprint density at radius 3 is 2.43 bits per heavy atom. The van der Waals surface area contributed by atoms with Crippen LogP contribution in [0.5, 0.6) is 0 Å². The van der Waals surface area contributed by atoms with Crippen LogP contribution in [-0.4, -0.2) is 38.3 Å². The molecule has 1 N–H and O–H groups in total. The van der Waals surface area contributed by atoms with E-state index in [-0.39, 0.29) is 5.91 Å². The molecular formula is C22H27BrN4O. The van der Waals surface area contributed by atoms with E-state index in [1.54, 1.807) is 6.21 Å². The molecule has 1 heterocycles. The second-order valence-corrected chi connectivity index (χ2v) is 7.68. The summed E-state index contributed by atoms with van der Waals surface area (Å²) in [6, 6.07) is 13.8. The highest BCUT2D eigenvalue weighted by atomic mass is 79.9. The van der Waals surface area contributed by atoms with Gasteiger partial charge in [-0.15, -0.1) is 0 Å². The van der Waals surface area contributed by atoms with Gasteiger partial charge in [0.1, 0.15) is 0 Å². The fourth-order valence-electron chi connectivity index (χ4n) is 3.45. The smallest absolute Gasteiger partial charge is 0.271 e. The Morgan fingerprint density at radius 1 is 1.14 bits per heavy atom. The molecule has 1 amide bonds. The lowest BCUT2D eigenvalue weighted by Gasteiger charge is -2.22. The molecule has 0 aliphatic carbocycles. The van der Waals surface area contributed by atoms with E-state index in [9.17, 15) is 4.79 Å². The van der Waals surface area contributed by atoms with Crippen molar-refractivity contribution in [2.45, 2.75) is 26.7 Å². The summed E-state index contributed by atoms with van der Waals surface area (Å²) in [5.41, 5.74) is 6.47. The predicted octanol–water partition coefficient (Wildman–Crippen LogP) is 4.66. The van der Waals surface area contributed by atoms with E-state index in [2.05, 4.69) is 56.2 Å². The lowest BCUT2D eigenvalue weighted by atomic mass is 10.2. The first kappa shape index (κ1) is 20.4. The van der Waals surface area contributed by atoms with Gasteiger partial charge in [-0.3, -0.25) is 4.79 Å². The highest BCUT2D eigenvalue weighted by molar-refractivity contribution is 9.10. The predicted molar refractivity (Wildman–Crippen MR) is 121 cm³/mol. The van der Waals surface area contributed by atoms with Crippen molar-refractivity contribution in [3.8, 4) is 0 Å². The Balaban J connectivity index is 1.59. The molecule has 0 unspecified atom stereocenters. The van der Waals surface area contributed by atoms with Crippen LogP contribution in [0.2, 0.25) is 0 Å². The molecule has 28 heavy (non-hydrogen) atoms. The molecule has 3 rings (SSSR count). The van der Waals surface area contributed by atoms with E-state index in [1.807, 2.05) is 36.4 Å². The Morgan fingerprint density at radius 2 is 1.82 bits per heavy atom. The molecule has 6 heteroatoms. The fraction of sp³-hybridized carbons (Fsp3) is 0.364. The third kappa shape index (κ3) is 4.93. The van der Waals surface area contributed by atoms with Gasteiger partial charge in [-0.25, -0.2) is 5.43 Å². The molecule has 0 spiro atoms. The molecule has 0 bridgehead atoms. The molecule has 0 saturated carbocycles. The molecule has 1 aliphatic rings. The van der Waals surface area contributed by atoms with Gasteiger partial charge in [0.05, 0.1) is 11.9 Å². The topological polar surface area (TPSA) is 47.9 Å². The zero-order valence-electron chi connectivity index (χ0n) is 16.5. The second-order valence-electron chi connectivity index (χ2n) is 6.82. The van der Waals surface area contributed by atoms with Crippen molar-refractivity contribution >= 4 is 39.4 Å². The van der Waals surface area contributed by atoms with E-state index >= 15 is 0 Å². The average molecular weight is 443 g/mol. The van der Waals surface area contributed by atoms with Gasteiger partial charge in [-0.2, -0.15) is 5.10 Å². The van der Waals surface area contributed by atoms with Crippen molar-refractivity contribution in [2.24, 2.45) is 5.10 Å². The van der Waals surface area contributed by atoms with Crippen LogP contribution < -0.4 is 15.2 Å². The fourth-order valence-corrected chi connectivity index (χ4v) is 4.10. The number of halogens is 1. The van der Waals surface area contributed by atoms with Crippen molar-refractivity contribution in [1.82, 2.24) is 5.43 Å². The van der Waals surface area contributed by atoms with Crippen LogP contribution in [0.25, 0.3) is 0 Å². The number of benzene rings is 2. The number of hydrazone groups is 1. The van der Waals surface area contributed by atoms with E-state index in [0.717, 1.165) is 41.9 Å². The summed E-state index contributed by atoms with van der Waals surface area (Å²) < 4.78 is 1.02. The summed E-state index contributed by atoms with van der Waals surface area (Å²) in [6.07, 6.45) is 4.14. The Kier molecular flexibility index (Phi) is 7.09. The SMILES string of the molecule is CCN(CC)c1ccc(/C=N\NC(=O)c2ccc(N3CCCC3)cc2)cc1Br. The van der Waals surface area contributed by atoms with Crippen LogP contribution in [0, 0.1) is 0 Å². The van der Waals surface area contributed by atoms with Crippen LogP contribution in [0.3, 0.4) is 0 Å². The zero-order chi connectivity index (χ0) is 19.9. The van der Waals surface area contributed by atoms with Gasteiger partial charge < -0.3 is 9.80 Å². The van der Waals surface area contributed by atoms with Gasteiger partial charge in [-0.1, -0.05) is 6.07 Å². The van der Waals surface area contributed by atoms with Crippen LogP contribution in [0.4, 0.5) is 11.4 Å². The minimum absolute atomic E-state index is 0.206. The second kappa shape index (κ2) is 9.73. The third-order valence-corrected chi connectivity index (χ3v) is 5.69. The first-order chi connectivity index (χ1) is 13.6. The number of anilines is 2. The van der Waals surface area contributed by atoms with Crippen molar-refractivity contribution in [3.63, 3.8) is 0 Å². The largest absolute Gasteiger partial charge is 0.372 e. The Labute approximate surface area is 175 Å². The third-order valence-electron chi connectivity index (χ3n) is 5.06. The number of amides is 1. The molecule has 1 saturated heterocycles. The van der Waals surface area contributed by atoms with Crippen molar-refractivity contribution < 1.29 is 4.79 Å². The molecule has 0 aromatic heterocycles. The average Bonchev–Trinajstić information content (AvgIpc) is 3.25. The summed E-state index contributed by atoms with van der Waals surface area (Å²) >= 11 is 3.63. The van der Waals surface area contributed by atoms with E-state index < -0.39 is 0 Å². The number of carbonyl (C=O) groups excluding carboxylic acids is 1. The van der Waals surface area contributed by atoms with Gasteiger partial charge in [0.2, 0.25) is 0 Å². The van der Waals surface area contributed by atoms with E-state index in [1.165, 1.54) is 18.5 Å². The maximum absolute atomic E-state index is 12.3. The van der Waals surface area contributed by atoms with Crippen LogP contribution in [-0.2, 0) is 0 Å². The van der Waals surface area contributed by atoms with Gasteiger partial charge >= 0.3 is 0 Å². The standard InChI is InChI=1S/C22H27BrN4O/c1-3-26(4-2)21-12-7-17(15-20(21)23)16-24-25-22(28)18-8-10-19(11-9-18)27-13-5-6-14-27/h7-12,15-16H,3-6,13-14H2,1-2H3,(H,25,28)/b24-16-. The molecule has 2 aromatic carbocycles. The van der Waals surface area contributed by atoms with Crippen LogP contribution >= 0.6 is 15.9 Å². The molecule has 0 radical (unpaired) electrons. The number of hydrogen-bond acceptors (Lipinski definition) is 4. The lowest BCUT2D eigenvalue weighted by molar-refractivity contribution is 0.0955. The van der Waals surface area contributed by atoms with Crippen molar-refractivity contribution in [1.29, 1.82) is 0 Å². The summed E-state index contributed by atoms with van der Waals surface area (Å²) in [4.78, 5) is 16.9. The maximum Gasteiger partial charge on any atom is 0.271 e. The molecule has 2 aromatic rings. The first-order valence-electron chi connectivity index (χ1n) is 9.85. The number of nitrogens with one attached hydrogen (secondary N) is 1. The quantitative estimate of drug-likeness (QED) is 0.500. The van der Waals surface area contributed by atoms with Gasteiger partial charge in [0.25, 0.3) is 5.91 Å². The first-order valence-corrected chi connectivity index (χ1v) is 10.6. The number of nitrogens with zero attached hydrogens (tertiary/aromatic N) is 3. The number of rotatable bonds is 7. The molecule has 1 fully saturated rings. The van der Waals surface area contributed by atoms with Crippen molar-refractivity contribution in [2.75, 3.05) is 36.0 Å². The Hall–Kier alpha value is -2.34. The summed E-state index contributed by atoms with van der Waals surface area (Å²) in [6.45, 7) is 8.37. The maximum atomic E-state index is 12.3. The minimum atomic E-state index is -0.206. The van der Waals surface area contributed by atoms with E-state index in [0.29, 0.717) is 5.56 Å². The van der Waals surface area contributed by atoms with E-state index in [4.69, 9.17) is 0 Å². The van der Waals surface area contributed by atoms with Crippen LogP contribution in [0.15, 0.2) is 52.0 Å². The molecule has 1 aliphatic heterocycles. The van der Waals surface area contributed by atoms with Crippen molar-refractivity contribution in [3.05, 3.63) is 58.1 Å². The highest BCUT2D eigenvalue weighted by Crippen LogP contribution is 2.26. The van der Waals surface area contributed by atoms with Gasteiger partial charge in [0.15, 0.2) is 0 Å². The molecule has 0 atom stereocenters. The molecule has 148 valence electrons. The molecular weight excluding hydrogens is 416 g/mol. The monoisotopic (exact) mass is 442 g/mol. The Bertz CT molecular complexity index is 825. The summed E-state index contributed by atoms with van der Waals surface area (Å²) in [5.74, 6) is -0.206. The highest BCUT2D eigenvalue weighted by Gasteiger charge is 2.13. The summed E-state index contributed by atoms with van der Waals surface area (Å²) in [7, 11) is 0. The zero-order valence-corrected chi connectivity index (χ0v) is 18.1. The minimum Gasteiger partial charge on any atom is -0.372 e. The van der Waals surface area contributed by atoms with Gasteiger partial charge in [0, 0.05) is 41.9 Å². The number of carbonyl (C=O) groups is 1. The number of hydrogen-bond donors (Lipinski definition) is 1. The van der Waals surface area contributed by atoms with Gasteiger partial charge in [-0.05, 0) is 84.6 Å². The summed E-state index contributed by atoms with van der Waals surface area (Å²) in [5, 5.41) is 4.10. The molecule has 5 nitrogen and oxygen atoms in total. The lowest BCUT2D eigenvalue weighted by Crippen LogP contribution is -2.22.